The van der Waals surface area contributed by atoms with E-state index >= 15 is 0 Å². The predicted molar refractivity (Wildman–Crippen MR) is 119 cm³/mol. The lowest BCUT2D eigenvalue weighted by molar-refractivity contribution is 0.0763. The van der Waals surface area contributed by atoms with Gasteiger partial charge in [0.05, 0.1) is 28.0 Å². The van der Waals surface area contributed by atoms with E-state index in [0.717, 1.165) is 16.9 Å². The second-order valence-electron chi connectivity index (χ2n) is 7.75. The highest BCUT2D eigenvalue weighted by Gasteiger charge is 2.29. The number of nitrogens with zero attached hydrogens (tertiary/aromatic N) is 4. The van der Waals surface area contributed by atoms with Crippen LogP contribution in [0.25, 0.3) is 5.69 Å². The Morgan fingerprint density at radius 1 is 0.903 bits per heavy atom. The van der Waals surface area contributed by atoms with E-state index < -0.39 is 10.0 Å². The van der Waals surface area contributed by atoms with Crippen LogP contribution in [0, 0.1) is 13.8 Å². The Bertz CT molecular complexity index is 1170. The maximum atomic E-state index is 13.2. The first-order valence-electron chi connectivity index (χ1n) is 10.3. The van der Waals surface area contributed by atoms with E-state index in [1.54, 1.807) is 40.0 Å². The van der Waals surface area contributed by atoms with Crippen molar-refractivity contribution in [2.45, 2.75) is 25.2 Å². The third-order valence-corrected chi connectivity index (χ3v) is 7.55. The summed E-state index contributed by atoms with van der Waals surface area (Å²) in [5.74, 6) is -0.116. The third-order valence-electron chi connectivity index (χ3n) is 5.64. The summed E-state index contributed by atoms with van der Waals surface area (Å²) in [6.45, 7) is 5.32. The number of aryl methyl sites for hydroxylation is 1. The summed E-state index contributed by atoms with van der Waals surface area (Å²) >= 11 is 0. The fourth-order valence-electron chi connectivity index (χ4n) is 3.82. The van der Waals surface area contributed by atoms with Gasteiger partial charge in [-0.05, 0) is 44.5 Å². The molecule has 0 radical (unpaired) electrons. The monoisotopic (exact) mass is 438 g/mol. The molecule has 31 heavy (non-hydrogen) atoms. The van der Waals surface area contributed by atoms with Crippen LogP contribution >= 0.6 is 0 Å². The van der Waals surface area contributed by atoms with Gasteiger partial charge in [-0.2, -0.15) is 9.40 Å². The van der Waals surface area contributed by atoms with Gasteiger partial charge in [-0.15, -0.1) is 0 Å². The largest absolute Gasteiger partial charge is 0.337 e. The van der Waals surface area contributed by atoms with Gasteiger partial charge >= 0.3 is 0 Å². The average Bonchev–Trinajstić information content (AvgIpc) is 2.98. The van der Waals surface area contributed by atoms with Crippen molar-refractivity contribution in [3.63, 3.8) is 0 Å². The minimum atomic E-state index is -3.58. The number of amides is 1. The molecule has 0 saturated carbocycles. The lowest BCUT2D eigenvalue weighted by Gasteiger charge is -2.22. The van der Waals surface area contributed by atoms with Crippen LogP contribution in [0.3, 0.4) is 0 Å². The summed E-state index contributed by atoms with van der Waals surface area (Å²) in [7, 11) is -3.58. The van der Waals surface area contributed by atoms with Gasteiger partial charge in [-0.1, -0.05) is 35.9 Å². The molecule has 0 aliphatic carbocycles. The molecule has 4 rings (SSSR count). The minimum Gasteiger partial charge on any atom is -0.337 e. The van der Waals surface area contributed by atoms with Crippen molar-refractivity contribution in [2.24, 2.45) is 0 Å². The number of sulfonamides is 1. The number of benzene rings is 2. The van der Waals surface area contributed by atoms with Crippen LogP contribution in [-0.2, 0) is 10.0 Å². The Hall–Kier alpha value is -2.97. The molecule has 0 spiro atoms. The number of para-hydroxylation sites is 1. The first kappa shape index (κ1) is 21.3. The molecular weight excluding hydrogens is 412 g/mol. The molecule has 2 heterocycles. The molecule has 1 fully saturated rings. The van der Waals surface area contributed by atoms with Crippen molar-refractivity contribution in [2.75, 3.05) is 26.2 Å². The van der Waals surface area contributed by atoms with E-state index in [1.807, 2.05) is 44.2 Å². The maximum Gasteiger partial charge on any atom is 0.257 e. The summed E-state index contributed by atoms with van der Waals surface area (Å²) in [5.41, 5.74) is 3.21. The lowest BCUT2D eigenvalue weighted by atomic mass is 10.2. The minimum absolute atomic E-state index is 0.116. The first-order chi connectivity index (χ1) is 14.9. The summed E-state index contributed by atoms with van der Waals surface area (Å²) in [4.78, 5) is 15.2. The molecule has 3 aromatic rings. The Morgan fingerprint density at radius 2 is 1.61 bits per heavy atom. The number of rotatable bonds is 4. The van der Waals surface area contributed by atoms with Crippen LogP contribution in [0.2, 0.25) is 0 Å². The highest BCUT2D eigenvalue weighted by Crippen LogP contribution is 2.20. The highest BCUT2D eigenvalue weighted by molar-refractivity contribution is 7.89. The quantitative estimate of drug-likeness (QED) is 0.628. The number of hydrogen-bond donors (Lipinski definition) is 0. The number of hydrogen-bond acceptors (Lipinski definition) is 4. The van der Waals surface area contributed by atoms with Crippen LogP contribution in [0.4, 0.5) is 0 Å². The van der Waals surface area contributed by atoms with Crippen LogP contribution in [0.15, 0.2) is 65.7 Å². The molecule has 1 aliphatic heterocycles. The normalized spacial score (nSPS) is 15.6. The molecule has 2 aromatic carbocycles. The maximum absolute atomic E-state index is 13.2. The van der Waals surface area contributed by atoms with Crippen molar-refractivity contribution in [1.82, 2.24) is 19.0 Å². The molecule has 1 saturated heterocycles. The first-order valence-corrected chi connectivity index (χ1v) is 11.8. The fraction of sp³-hybridized carbons (Fsp3) is 0.304. The molecule has 1 amide bonds. The van der Waals surface area contributed by atoms with E-state index in [9.17, 15) is 13.2 Å². The van der Waals surface area contributed by atoms with Crippen molar-refractivity contribution >= 4 is 15.9 Å². The molecule has 1 aliphatic rings. The summed E-state index contributed by atoms with van der Waals surface area (Å²) in [6, 6.07) is 16.5. The molecule has 7 nitrogen and oxygen atoms in total. The van der Waals surface area contributed by atoms with Gasteiger partial charge in [0.1, 0.15) is 0 Å². The van der Waals surface area contributed by atoms with E-state index in [1.165, 1.54) is 4.31 Å². The average molecular weight is 439 g/mol. The van der Waals surface area contributed by atoms with E-state index in [-0.39, 0.29) is 17.3 Å². The van der Waals surface area contributed by atoms with E-state index in [2.05, 4.69) is 5.10 Å². The number of carbonyl (C=O) groups excluding carboxylic acids is 1. The Labute approximate surface area is 183 Å². The Morgan fingerprint density at radius 3 is 2.32 bits per heavy atom. The summed E-state index contributed by atoms with van der Waals surface area (Å²) in [6.07, 6.45) is 2.18. The van der Waals surface area contributed by atoms with E-state index in [4.69, 9.17) is 0 Å². The smallest absolute Gasteiger partial charge is 0.257 e. The second-order valence-corrected chi connectivity index (χ2v) is 9.69. The van der Waals surface area contributed by atoms with Gasteiger partial charge in [0.15, 0.2) is 0 Å². The Balaban J connectivity index is 1.50. The Kier molecular flexibility index (Phi) is 5.93. The zero-order chi connectivity index (χ0) is 22.0. The van der Waals surface area contributed by atoms with Gasteiger partial charge in [0.25, 0.3) is 5.91 Å². The standard InChI is InChI=1S/C23H26N4O3S/c1-18-9-11-21(12-10-18)31(29,30)26-14-6-13-25(15-16-26)23(28)22-17-24-27(19(22)2)20-7-4-3-5-8-20/h3-5,7-12,17H,6,13-16H2,1-2H3. The topological polar surface area (TPSA) is 75.5 Å². The summed E-state index contributed by atoms with van der Waals surface area (Å²) in [5, 5.41) is 4.39. The molecule has 0 unspecified atom stereocenters. The van der Waals surface area contributed by atoms with Gasteiger partial charge in [-0.3, -0.25) is 4.79 Å². The van der Waals surface area contributed by atoms with Crippen LogP contribution in [-0.4, -0.2) is 59.5 Å². The van der Waals surface area contributed by atoms with E-state index in [0.29, 0.717) is 31.6 Å². The van der Waals surface area contributed by atoms with Crippen LogP contribution in [0.5, 0.6) is 0 Å². The lowest BCUT2D eigenvalue weighted by Crippen LogP contribution is -2.37. The number of carbonyl (C=O) groups is 1. The number of aromatic nitrogens is 2. The second kappa shape index (κ2) is 8.64. The van der Waals surface area contributed by atoms with Crippen molar-refractivity contribution in [3.8, 4) is 5.69 Å². The van der Waals surface area contributed by atoms with Crippen LogP contribution < -0.4 is 0 Å². The summed E-state index contributed by atoms with van der Waals surface area (Å²) < 4.78 is 29.3. The molecule has 0 N–H and O–H groups in total. The van der Waals surface area contributed by atoms with Gasteiger partial charge in [0, 0.05) is 26.2 Å². The van der Waals surface area contributed by atoms with Crippen molar-refractivity contribution < 1.29 is 13.2 Å². The van der Waals surface area contributed by atoms with Gasteiger partial charge in [0.2, 0.25) is 10.0 Å². The molecule has 1 aromatic heterocycles. The highest BCUT2D eigenvalue weighted by atomic mass is 32.2. The third kappa shape index (κ3) is 4.26. The zero-order valence-electron chi connectivity index (χ0n) is 17.7. The van der Waals surface area contributed by atoms with Crippen molar-refractivity contribution in [3.05, 3.63) is 77.6 Å². The molecule has 0 atom stereocenters. The van der Waals surface area contributed by atoms with Gasteiger partial charge in [-0.25, -0.2) is 13.1 Å². The molecular formula is C23H26N4O3S. The molecule has 162 valence electrons. The van der Waals surface area contributed by atoms with Gasteiger partial charge < -0.3 is 4.90 Å². The van der Waals surface area contributed by atoms with Crippen LogP contribution in [0.1, 0.15) is 28.0 Å². The molecule has 0 bridgehead atoms. The zero-order valence-corrected chi connectivity index (χ0v) is 18.5. The predicted octanol–water partition coefficient (Wildman–Crippen LogP) is 3.03. The molecule has 8 heteroatoms. The SMILES string of the molecule is Cc1ccc(S(=O)(=O)N2CCCN(C(=O)c3cnn(-c4ccccc4)c3C)CC2)cc1. The van der Waals surface area contributed by atoms with Crippen molar-refractivity contribution in [1.29, 1.82) is 0 Å². The fourth-order valence-corrected chi connectivity index (χ4v) is 5.29.